The zero-order valence-electron chi connectivity index (χ0n) is 15.9. The van der Waals surface area contributed by atoms with Gasteiger partial charge in [-0.1, -0.05) is 6.92 Å². The molecule has 0 atom stereocenters. The van der Waals surface area contributed by atoms with E-state index in [9.17, 15) is 4.79 Å². The summed E-state index contributed by atoms with van der Waals surface area (Å²) >= 11 is 0. The second-order valence-corrected chi connectivity index (χ2v) is 6.91. The van der Waals surface area contributed by atoms with Gasteiger partial charge < -0.3 is 15.5 Å². The van der Waals surface area contributed by atoms with Gasteiger partial charge in [-0.3, -0.25) is 9.89 Å². The molecule has 10 heteroatoms. The van der Waals surface area contributed by atoms with E-state index in [1.807, 2.05) is 0 Å². The van der Waals surface area contributed by atoms with Crippen molar-refractivity contribution in [3.8, 4) is 0 Å². The van der Waals surface area contributed by atoms with Gasteiger partial charge in [0.1, 0.15) is 12.1 Å². The number of hydrogen-bond donors (Lipinski definition) is 3. The van der Waals surface area contributed by atoms with Gasteiger partial charge in [-0.2, -0.15) is 5.10 Å². The Morgan fingerprint density at radius 2 is 2.07 bits per heavy atom. The van der Waals surface area contributed by atoms with E-state index < -0.39 is 0 Å². The van der Waals surface area contributed by atoms with Crippen molar-refractivity contribution in [3.05, 3.63) is 35.0 Å². The van der Waals surface area contributed by atoms with E-state index >= 15 is 0 Å². The zero-order chi connectivity index (χ0) is 17.9. The maximum absolute atomic E-state index is 12.6. The molecule has 2 aromatic rings. The number of piperidine rings is 1. The lowest BCUT2D eigenvalue weighted by molar-refractivity contribution is 0.0925. The fourth-order valence-electron chi connectivity index (χ4n) is 3.67. The number of aryl methyl sites for hydroxylation is 1. The number of nitrogens with zero attached hydrogens (tertiary/aromatic N) is 4. The molecule has 3 N–H and O–H groups in total. The van der Waals surface area contributed by atoms with E-state index in [0.29, 0.717) is 12.2 Å². The number of aromatic amines is 1. The molecular weight excluding hydrogens is 401 g/mol. The minimum absolute atomic E-state index is 0. The third kappa shape index (κ3) is 4.74. The van der Waals surface area contributed by atoms with Crippen molar-refractivity contribution in [2.45, 2.75) is 45.2 Å². The van der Waals surface area contributed by atoms with E-state index in [0.717, 1.165) is 68.1 Å². The van der Waals surface area contributed by atoms with Crippen molar-refractivity contribution in [2.75, 3.05) is 24.5 Å². The van der Waals surface area contributed by atoms with Crippen LogP contribution in [0.1, 0.15) is 47.2 Å². The summed E-state index contributed by atoms with van der Waals surface area (Å²) in [5.74, 6) is 0.911. The van der Waals surface area contributed by atoms with Crippen LogP contribution in [0.2, 0.25) is 0 Å². The van der Waals surface area contributed by atoms with Crippen molar-refractivity contribution in [3.63, 3.8) is 0 Å². The highest BCUT2D eigenvalue weighted by molar-refractivity contribution is 5.94. The number of anilines is 1. The Morgan fingerprint density at radius 3 is 2.82 bits per heavy atom. The molecule has 0 aliphatic carbocycles. The van der Waals surface area contributed by atoms with Gasteiger partial charge in [-0.25, -0.2) is 9.97 Å². The maximum Gasteiger partial charge on any atom is 0.272 e. The lowest BCUT2D eigenvalue weighted by Crippen LogP contribution is -2.45. The maximum atomic E-state index is 12.6. The Kier molecular flexibility index (Phi) is 8.03. The first kappa shape index (κ1) is 22.4. The number of rotatable bonds is 4. The number of amides is 1. The summed E-state index contributed by atoms with van der Waals surface area (Å²) < 4.78 is 0. The number of fused-ring (bicyclic) bond motifs is 1. The van der Waals surface area contributed by atoms with Crippen molar-refractivity contribution < 1.29 is 4.79 Å². The normalized spacial score (nSPS) is 16.5. The van der Waals surface area contributed by atoms with Gasteiger partial charge in [0.25, 0.3) is 5.91 Å². The van der Waals surface area contributed by atoms with Crippen molar-refractivity contribution in [1.82, 2.24) is 30.8 Å². The van der Waals surface area contributed by atoms with Crippen LogP contribution in [0.3, 0.4) is 0 Å². The lowest BCUT2D eigenvalue weighted by atomic mass is 10.0. The topological polar surface area (TPSA) is 98.8 Å². The summed E-state index contributed by atoms with van der Waals surface area (Å²) in [6.07, 6.45) is 5.25. The highest BCUT2D eigenvalue weighted by atomic mass is 35.5. The Bertz CT molecular complexity index is 790. The molecule has 0 unspecified atom stereocenters. The SMILES string of the molecule is CCc1cc(N2CCC(NC(=O)c3n[nH]c4c3CNCC4)CC2)ncn1.Cl.Cl. The van der Waals surface area contributed by atoms with Crippen LogP contribution in [0.4, 0.5) is 5.82 Å². The summed E-state index contributed by atoms with van der Waals surface area (Å²) in [5, 5.41) is 13.7. The monoisotopic (exact) mass is 427 g/mol. The standard InChI is InChI=1S/C18H25N7O.2ClH/c1-2-12-9-16(21-11-20-12)25-7-4-13(5-8-25)22-18(26)17-14-10-19-6-3-15(14)23-24-17;;/h9,11,13,19H,2-8,10H2,1H3,(H,22,26)(H,23,24);2*1H. The fourth-order valence-corrected chi connectivity index (χ4v) is 3.67. The molecule has 4 rings (SSSR count). The molecule has 0 bridgehead atoms. The smallest absolute Gasteiger partial charge is 0.272 e. The highest BCUT2D eigenvalue weighted by Gasteiger charge is 2.26. The number of H-pyrrole nitrogens is 1. The molecule has 154 valence electrons. The van der Waals surface area contributed by atoms with Crippen molar-refractivity contribution in [1.29, 1.82) is 0 Å². The molecule has 8 nitrogen and oxygen atoms in total. The average Bonchev–Trinajstić information content (AvgIpc) is 3.13. The quantitative estimate of drug-likeness (QED) is 0.685. The molecule has 4 heterocycles. The minimum Gasteiger partial charge on any atom is -0.356 e. The molecule has 1 amide bonds. The van der Waals surface area contributed by atoms with Crippen LogP contribution in [-0.2, 0) is 19.4 Å². The molecule has 1 saturated heterocycles. The number of aromatic nitrogens is 4. The lowest BCUT2D eigenvalue weighted by Gasteiger charge is -2.33. The minimum atomic E-state index is -0.0695. The van der Waals surface area contributed by atoms with E-state index in [-0.39, 0.29) is 36.8 Å². The van der Waals surface area contributed by atoms with Crippen LogP contribution in [0.15, 0.2) is 12.4 Å². The molecule has 0 spiro atoms. The van der Waals surface area contributed by atoms with Crippen LogP contribution in [0.5, 0.6) is 0 Å². The van der Waals surface area contributed by atoms with Gasteiger partial charge >= 0.3 is 0 Å². The van der Waals surface area contributed by atoms with Gasteiger partial charge in [-0.15, -0.1) is 24.8 Å². The molecule has 0 saturated carbocycles. The molecule has 2 aliphatic heterocycles. The molecule has 2 aromatic heterocycles. The molecule has 1 fully saturated rings. The molecule has 0 aromatic carbocycles. The first-order chi connectivity index (χ1) is 12.7. The third-order valence-corrected chi connectivity index (χ3v) is 5.25. The Labute approximate surface area is 177 Å². The Balaban J connectivity index is 0.00000140. The second-order valence-electron chi connectivity index (χ2n) is 6.91. The van der Waals surface area contributed by atoms with Gasteiger partial charge in [-0.05, 0) is 19.3 Å². The summed E-state index contributed by atoms with van der Waals surface area (Å²) in [7, 11) is 0. The van der Waals surface area contributed by atoms with Gasteiger partial charge in [0.05, 0.1) is 0 Å². The molecular formula is C18H27Cl2N7O. The van der Waals surface area contributed by atoms with Gasteiger partial charge in [0.15, 0.2) is 5.69 Å². The first-order valence-electron chi connectivity index (χ1n) is 9.38. The van der Waals surface area contributed by atoms with E-state index in [1.165, 1.54) is 0 Å². The summed E-state index contributed by atoms with van der Waals surface area (Å²) in [4.78, 5) is 23.5. The van der Waals surface area contributed by atoms with E-state index in [1.54, 1.807) is 6.33 Å². The first-order valence-corrected chi connectivity index (χ1v) is 9.38. The van der Waals surface area contributed by atoms with Crippen LogP contribution in [0, 0.1) is 0 Å². The van der Waals surface area contributed by atoms with Crippen LogP contribution in [0.25, 0.3) is 0 Å². The van der Waals surface area contributed by atoms with Crippen LogP contribution >= 0.6 is 24.8 Å². The van der Waals surface area contributed by atoms with Gasteiger partial charge in [0.2, 0.25) is 0 Å². The Morgan fingerprint density at radius 1 is 1.29 bits per heavy atom. The average molecular weight is 428 g/mol. The third-order valence-electron chi connectivity index (χ3n) is 5.25. The number of nitrogens with one attached hydrogen (secondary N) is 3. The highest BCUT2D eigenvalue weighted by Crippen LogP contribution is 2.20. The zero-order valence-corrected chi connectivity index (χ0v) is 17.5. The number of carbonyl (C=O) groups excluding carboxylic acids is 1. The van der Waals surface area contributed by atoms with E-state index in [4.69, 9.17) is 0 Å². The summed E-state index contributed by atoms with van der Waals surface area (Å²) in [5.41, 5.74) is 3.69. The predicted octanol–water partition coefficient (Wildman–Crippen LogP) is 1.65. The van der Waals surface area contributed by atoms with Crippen molar-refractivity contribution >= 4 is 36.5 Å². The van der Waals surface area contributed by atoms with Crippen molar-refractivity contribution in [2.24, 2.45) is 0 Å². The fraction of sp³-hybridized carbons (Fsp3) is 0.556. The Hall–Kier alpha value is -1.90. The summed E-state index contributed by atoms with van der Waals surface area (Å²) in [6, 6.07) is 2.23. The second kappa shape index (κ2) is 10.0. The van der Waals surface area contributed by atoms with Crippen LogP contribution in [-0.4, -0.2) is 51.7 Å². The van der Waals surface area contributed by atoms with Crippen LogP contribution < -0.4 is 15.5 Å². The van der Waals surface area contributed by atoms with E-state index in [2.05, 4.69) is 48.7 Å². The number of carbonyl (C=O) groups is 1. The summed E-state index contributed by atoms with van der Waals surface area (Å²) in [6.45, 7) is 5.49. The molecule has 0 radical (unpaired) electrons. The number of halogens is 2. The molecule has 2 aliphatic rings. The molecule has 28 heavy (non-hydrogen) atoms. The largest absolute Gasteiger partial charge is 0.356 e. The number of hydrogen-bond acceptors (Lipinski definition) is 6. The van der Waals surface area contributed by atoms with Gasteiger partial charge in [0, 0.05) is 61.7 Å². The predicted molar refractivity (Wildman–Crippen MR) is 113 cm³/mol.